The summed E-state index contributed by atoms with van der Waals surface area (Å²) in [6.07, 6.45) is 0.577. The Hall–Kier alpha value is -3.45. The van der Waals surface area contributed by atoms with E-state index in [0.717, 1.165) is 22.6 Å². The van der Waals surface area contributed by atoms with Gasteiger partial charge < -0.3 is 4.74 Å². The zero-order valence-corrected chi connectivity index (χ0v) is 18.7. The Kier molecular flexibility index (Phi) is 6.10. The highest BCUT2D eigenvalue weighted by Gasteiger charge is 2.31. The van der Waals surface area contributed by atoms with Gasteiger partial charge in [0.25, 0.3) is 0 Å². The van der Waals surface area contributed by atoms with Crippen LogP contribution in [0.1, 0.15) is 36.1 Å². The number of sulfone groups is 1. The van der Waals surface area contributed by atoms with E-state index in [9.17, 15) is 13.2 Å². The van der Waals surface area contributed by atoms with Crippen molar-refractivity contribution < 1.29 is 17.9 Å². The molecule has 1 amide bonds. The Labute approximate surface area is 188 Å². The molecule has 0 aromatic heterocycles. The zero-order valence-electron chi connectivity index (χ0n) is 17.9. The molecule has 1 heterocycles. The minimum absolute atomic E-state index is 0.0716. The third-order valence-corrected chi connectivity index (χ3v) is 7.18. The standard InChI is InChI=1S/C25H24N2O4S/c1-18(28)27-25(21-12-14-22(31-2)15-13-21)16-24(26-27)20-10-8-19(9-11-20)17-32(29,30)23-6-4-3-5-7-23/h3-15,25H,16-17H2,1-2H3. The number of amides is 1. The van der Waals surface area contributed by atoms with Gasteiger partial charge >= 0.3 is 0 Å². The molecule has 4 rings (SSSR count). The Morgan fingerprint density at radius 2 is 1.66 bits per heavy atom. The third kappa shape index (κ3) is 4.57. The number of benzene rings is 3. The molecule has 0 N–H and O–H groups in total. The van der Waals surface area contributed by atoms with Crippen LogP contribution in [0.3, 0.4) is 0 Å². The molecule has 0 saturated carbocycles. The van der Waals surface area contributed by atoms with Crippen LogP contribution in [0.4, 0.5) is 0 Å². The first kappa shape index (κ1) is 21.8. The normalized spacial score (nSPS) is 16.0. The highest BCUT2D eigenvalue weighted by Crippen LogP contribution is 2.33. The van der Waals surface area contributed by atoms with Crippen LogP contribution in [0.2, 0.25) is 0 Å². The number of methoxy groups -OCH3 is 1. The second-order valence-electron chi connectivity index (χ2n) is 7.67. The van der Waals surface area contributed by atoms with Crippen molar-refractivity contribution in [2.75, 3.05) is 7.11 Å². The lowest BCUT2D eigenvalue weighted by atomic mass is 9.98. The van der Waals surface area contributed by atoms with E-state index >= 15 is 0 Å². The molecular formula is C25H24N2O4S. The molecule has 3 aromatic carbocycles. The van der Waals surface area contributed by atoms with Gasteiger partial charge in [0.1, 0.15) is 5.75 Å². The summed E-state index contributed by atoms with van der Waals surface area (Å²) in [7, 11) is -1.80. The van der Waals surface area contributed by atoms with E-state index in [-0.39, 0.29) is 17.7 Å². The molecule has 32 heavy (non-hydrogen) atoms. The highest BCUT2D eigenvalue weighted by molar-refractivity contribution is 7.90. The summed E-state index contributed by atoms with van der Waals surface area (Å²) < 4.78 is 30.5. The van der Waals surface area contributed by atoms with Crippen LogP contribution in [0.15, 0.2) is 88.9 Å². The second kappa shape index (κ2) is 8.96. The van der Waals surface area contributed by atoms with E-state index in [2.05, 4.69) is 5.10 Å². The number of rotatable bonds is 6. The van der Waals surface area contributed by atoms with Crippen molar-refractivity contribution in [2.24, 2.45) is 5.10 Å². The summed E-state index contributed by atoms with van der Waals surface area (Å²) in [6.45, 7) is 1.50. The molecule has 1 unspecified atom stereocenters. The molecule has 164 valence electrons. The molecule has 1 atom stereocenters. The van der Waals surface area contributed by atoms with Crippen LogP contribution in [0, 0.1) is 0 Å². The van der Waals surface area contributed by atoms with Crippen LogP contribution < -0.4 is 4.74 Å². The van der Waals surface area contributed by atoms with Crippen molar-refractivity contribution in [3.63, 3.8) is 0 Å². The molecule has 0 aliphatic carbocycles. The van der Waals surface area contributed by atoms with Crippen LogP contribution >= 0.6 is 0 Å². The quantitative estimate of drug-likeness (QED) is 0.561. The van der Waals surface area contributed by atoms with Gasteiger partial charge in [-0.3, -0.25) is 4.79 Å². The number of carbonyl (C=O) groups excluding carboxylic acids is 1. The zero-order chi connectivity index (χ0) is 22.7. The van der Waals surface area contributed by atoms with E-state index in [1.807, 2.05) is 36.4 Å². The maximum Gasteiger partial charge on any atom is 0.240 e. The lowest BCUT2D eigenvalue weighted by Gasteiger charge is -2.20. The van der Waals surface area contributed by atoms with Crippen LogP contribution in [0.5, 0.6) is 5.75 Å². The Morgan fingerprint density at radius 1 is 1.00 bits per heavy atom. The number of hydrogen-bond donors (Lipinski definition) is 0. The van der Waals surface area contributed by atoms with Gasteiger partial charge in [-0.15, -0.1) is 0 Å². The molecule has 0 fully saturated rings. The summed E-state index contributed by atoms with van der Waals surface area (Å²) in [5.41, 5.74) is 3.34. The predicted octanol–water partition coefficient (Wildman–Crippen LogP) is 4.37. The first-order valence-corrected chi connectivity index (χ1v) is 11.9. The largest absolute Gasteiger partial charge is 0.497 e. The molecule has 0 bridgehead atoms. The molecule has 0 saturated heterocycles. The summed E-state index contributed by atoms with van der Waals surface area (Å²) in [6, 6.07) is 23.2. The number of hydrazone groups is 1. The van der Waals surface area contributed by atoms with Crippen molar-refractivity contribution in [1.82, 2.24) is 5.01 Å². The van der Waals surface area contributed by atoms with E-state index in [1.54, 1.807) is 49.6 Å². The van der Waals surface area contributed by atoms with E-state index in [0.29, 0.717) is 16.9 Å². The highest BCUT2D eigenvalue weighted by atomic mass is 32.2. The fourth-order valence-electron chi connectivity index (χ4n) is 3.78. The van der Waals surface area contributed by atoms with Crippen molar-refractivity contribution in [3.05, 3.63) is 95.6 Å². The van der Waals surface area contributed by atoms with Crippen LogP contribution in [0.25, 0.3) is 0 Å². The average molecular weight is 449 g/mol. The lowest BCUT2D eigenvalue weighted by molar-refractivity contribution is -0.130. The second-order valence-corrected chi connectivity index (χ2v) is 9.66. The number of carbonyl (C=O) groups is 1. The SMILES string of the molecule is COc1ccc(C2CC(c3ccc(CS(=O)(=O)c4ccccc4)cc3)=NN2C(C)=O)cc1. The number of ether oxygens (including phenoxy) is 1. The van der Waals surface area contributed by atoms with Crippen molar-refractivity contribution in [2.45, 2.75) is 30.0 Å². The molecule has 1 aliphatic heterocycles. The van der Waals surface area contributed by atoms with Gasteiger partial charge in [0.15, 0.2) is 9.84 Å². The van der Waals surface area contributed by atoms with Gasteiger partial charge in [0.05, 0.1) is 29.5 Å². The third-order valence-electron chi connectivity index (χ3n) is 5.48. The lowest BCUT2D eigenvalue weighted by Crippen LogP contribution is -2.24. The van der Waals surface area contributed by atoms with Gasteiger partial charge in [-0.25, -0.2) is 13.4 Å². The van der Waals surface area contributed by atoms with Crippen molar-refractivity contribution in [3.8, 4) is 5.75 Å². The minimum Gasteiger partial charge on any atom is -0.497 e. The monoisotopic (exact) mass is 448 g/mol. The fraction of sp³-hybridized carbons (Fsp3) is 0.200. The van der Waals surface area contributed by atoms with E-state index in [1.165, 1.54) is 11.9 Å². The maximum atomic E-state index is 12.6. The molecular weight excluding hydrogens is 424 g/mol. The molecule has 3 aromatic rings. The average Bonchev–Trinajstić information content (AvgIpc) is 3.26. The smallest absolute Gasteiger partial charge is 0.240 e. The Balaban J connectivity index is 1.53. The summed E-state index contributed by atoms with van der Waals surface area (Å²) in [4.78, 5) is 12.5. The van der Waals surface area contributed by atoms with Crippen molar-refractivity contribution >= 4 is 21.5 Å². The Morgan fingerprint density at radius 3 is 2.25 bits per heavy atom. The summed E-state index contributed by atoms with van der Waals surface area (Å²) in [5, 5.41) is 6.07. The Bertz CT molecular complexity index is 1240. The van der Waals surface area contributed by atoms with Gasteiger partial charge in [0.2, 0.25) is 5.91 Å². The first-order chi connectivity index (χ1) is 15.4. The molecule has 1 aliphatic rings. The molecule has 0 radical (unpaired) electrons. The molecule has 0 spiro atoms. The van der Waals surface area contributed by atoms with Gasteiger partial charge in [-0.1, -0.05) is 54.6 Å². The van der Waals surface area contributed by atoms with Gasteiger partial charge in [0, 0.05) is 13.3 Å². The minimum atomic E-state index is -3.41. The van der Waals surface area contributed by atoms with Crippen LogP contribution in [-0.4, -0.2) is 32.2 Å². The van der Waals surface area contributed by atoms with Gasteiger partial charge in [-0.2, -0.15) is 5.10 Å². The fourth-order valence-corrected chi connectivity index (χ4v) is 5.15. The van der Waals surface area contributed by atoms with E-state index in [4.69, 9.17) is 4.74 Å². The van der Waals surface area contributed by atoms with Crippen molar-refractivity contribution in [1.29, 1.82) is 0 Å². The first-order valence-electron chi connectivity index (χ1n) is 10.3. The van der Waals surface area contributed by atoms with Crippen LogP contribution in [-0.2, 0) is 20.4 Å². The topological polar surface area (TPSA) is 76.0 Å². The number of nitrogens with zero attached hydrogens (tertiary/aromatic N) is 2. The summed E-state index contributed by atoms with van der Waals surface area (Å²) >= 11 is 0. The van der Waals surface area contributed by atoms with Gasteiger partial charge in [-0.05, 0) is 41.0 Å². The molecule has 6 nitrogen and oxygen atoms in total. The number of hydrogen-bond acceptors (Lipinski definition) is 5. The predicted molar refractivity (Wildman–Crippen MR) is 123 cm³/mol. The summed E-state index contributed by atoms with van der Waals surface area (Å²) in [5.74, 6) is 0.548. The molecule has 7 heteroatoms. The van der Waals surface area contributed by atoms with E-state index < -0.39 is 9.84 Å². The maximum absolute atomic E-state index is 12.6.